The molecule has 3 aliphatic rings. The highest BCUT2D eigenvalue weighted by Gasteiger charge is 2.50. The van der Waals surface area contributed by atoms with E-state index >= 15 is 28.4 Å². The molecular weight excluding hydrogens is 1380 g/mol. The van der Waals surface area contributed by atoms with Crippen LogP contribution in [0.15, 0.2) is 97.2 Å². The number of aromatic amines is 1. The first kappa shape index (κ1) is 82.3. The number of benzene rings is 4. The highest BCUT2D eigenvalue weighted by molar-refractivity contribution is 6.00. The maximum atomic E-state index is 16.0. The number of carbonyl (C=O) groups excluding carboxylic acids is 11. The number of rotatable bonds is 27. The molecule has 5 aromatic rings. The fraction of sp³-hybridized carbons (Fsp3) is 0.506. The van der Waals surface area contributed by atoms with E-state index in [1.54, 1.807) is 110 Å². The third-order valence-corrected chi connectivity index (χ3v) is 18.8. The molecule has 4 bridgehead atoms. The molecule has 578 valence electrons. The number of fused-ring (bicyclic) bond motifs is 5. The van der Waals surface area contributed by atoms with Gasteiger partial charge in [-0.05, 0) is 165 Å². The highest BCUT2D eigenvalue weighted by Crippen LogP contribution is 2.33. The number of ether oxygens (including phenoxy) is 4. The maximum absolute atomic E-state index is 16.0. The first-order valence-electron chi connectivity index (χ1n) is 36.0. The van der Waals surface area contributed by atoms with Gasteiger partial charge >= 0.3 is 12.1 Å². The predicted molar refractivity (Wildman–Crippen MR) is 391 cm³/mol. The number of carbonyl (C=O) groups is 12. The molecule has 2 fully saturated rings. The van der Waals surface area contributed by atoms with Crippen LogP contribution in [0.5, 0.6) is 5.75 Å². The molecule has 1 aromatic heterocycles. The molecule has 29 nitrogen and oxygen atoms in total. The third-order valence-electron chi connectivity index (χ3n) is 18.8. The molecule has 12 N–H and O–H groups in total. The first-order chi connectivity index (χ1) is 50.6. The number of hydrogen-bond donors (Lipinski definition) is 11. The van der Waals surface area contributed by atoms with Crippen molar-refractivity contribution in [3.05, 3.63) is 136 Å². The second kappa shape index (κ2) is 36.8. The number of aliphatic carboxylic acids is 1. The number of carboxylic acids is 1. The van der Waals surface area contributed by atoms with Crippen LogP contribution in [0.4, 0.5) is 9.18 Å². The lowest BCUT2D eigenvalue weighted by Gasteiger charge is -2.37. The number of nitrogens with one attached hydrogen (secondary N) is 9. The summed E-state index contributed by atoms with van der Waals surface area (Å²) in [5, 5.41) is 31.4. The van der Waals surface area contributed by atoms with Crippen LogP contribution in [-0.4, -0.2) is 196 Å². The molecule has 0 radical (unpaired) electrons. The molecule has 8 rings (SSSR count). The standard InChI is InChI=1S/C77H101FN12O17/c1-44(79)67(96)87-59(42-84-74(103)107-76(6,7)8)68(97)85-57-35-49-13-11-14-50(33-49)40-83-63(93)43-105-61-28-32-89(71(100)51(37-60(57)91)36-52-41-81-56-24-21-53(78)38-55(52)56)66(61)70(99)88-65(45(2)106-75(3,4)5)69(98)86-58(34-47-19-22-54(104-10)23-20-47)72(101)90-31-12-29-77(90,9)73(102)80-30-27-46-15-17-48(18-16-46)39-82-62(92)25-26-64(94)95/h11,13-24,33,38,41,44-45,51,57-59,61,65-66,81H,12,25-32,34-37,39-40,42-43,79H2,1-10H3,(H,80,102)(H,82,92)(H,83,93)(H,84,103)(H,85,97)(H,86,98)(H,87,96)(H,88,99)(H,94,95). The minimum Gasteiger partial charge on any atom is -0.497 e. The SMILES string of the molecule is COc1ccc(CC(NC(=O)C(NC(=O)C2C3CCN2C(=O)C(Cc2c[nH]c4ccc(F)cc24)CC(=O)C(NC(=O)C(CNC(=O)OC(C)(C)C)NC(=O)C(C)N)Cc2cccc(c2)CNC(=O)CO3)C(C)OC(C)(C)C)C(=O)N2CCCC2(C)C(=O)NCCc2ccc(CNC(=O)CCC(=O)O)cc2)cc1. The zero-order valence-electron chi connectivity index (χ0n) is 62.3. The highest BCUT2D eigenvalue weighted by atomic mass is 19.1. The number of halogens is 1. The summed E-state index contributed by atoms with van der Waals surface area (Å²) in [5.41, 5.74) is 6.80. The van der Waals surface area contributed by atoms with E-state index in [0.29, 0.717) is 51.7 Å². The molecule has 10 unspecified atom stereocenters. The molecule has 107 heavy (non-hydrogen) atoms. The average Bonchev–Trinajstić information content (AvgIpc) is 1.72. The van der Waals surface area contributed by atoms with E-state index in [4.69, 9.17) is 29.8 Å². The van der Waals surface area contributed by atoms with E-state index in [0.717, 1.165) is 11.1 Å². The smallest absolute Gasteiger partial charge is 0.407 e. The Balaban J connectivity index is 1.11. The Morgan fingerprint density at radius 1 is 0.785 bits per heavy atom. The molecule has 0 spiro atoms. The molecule has 3 aliphatic heterocycles. The van der Waals surface area contributed by atoms with E-state index in [2.05, 4.69) is 47.5 Å². The Hall–Kier alpha value is -10.3. The minimum atomic E-state index is -1.65. The van der Waals surface area contributed by atoms with Gasteiger partial charge in [-0.2, -0.15) is 0 Å². The zero-order valence-corrected chi connectivity index (χ0v) is 62.3. The van der Waals surface area contributed by atoms with Gasteiger partial charge in [0.15, 0.2) is 5.78 Å². The molecule has 0 aliphatic carbocycles. The number of Topliss-reactive ketones (excluding diaryl/α,β-unsaturated/α-hetero) is 1. The number of carboxylic acid groups (broad SMARTS) is 1. The zero-order chi connectivity index (χ0) is 78.1. The van der Waals surface area contributed by atoms with Crippen LogP contribution in [0, 0.1) is 11.7 Å². The number of nitrogens with zero attached hydrogens (tertiary/aromatic N) is 2. The summed E-state index contributed by atoms with van der Waals surface area (Å²) in [5.74, 6) is -9.67. The van der Waals surface area contributed by atoms with Crippen molar-refractivity contribution in [2.75, 3.05) is 39.9 Å². The Morgan fingerprint density at radius 2 is 1.48 bits per heavy atom. The Kier molecular flexibility index (Phi) is 28.3. The monoisotopic (exact) mass is 1480 g/mol. The van der Waals surface area contributed by atoms with Crippen LogP contribution < -0.4 is 53.0 Å². The average molecular weight is 1490 g/mol. The van der Waals surface area contributed by atoms with Crippen molar-refractivity contribution in [1.82, 2.24) is 57.3 Å². The van der Waals surface area contributed by atoms with Gasteiger partial charge in [0, 0.05) is 75.0 Å². The van der Waals surface area contributed by atoms with Crippen LogP contribution in [0.1, 0.15) is 134 Å². The van der Waals surface area contributed by atoms with Crippen molar-refractivity contribution < 1.29 is 86.0 Å². The number of H-pyrrole nitrogens is 1. The van der Waals surface area contributed by atoms with E-state index in [-0.39, 0.29) is 77.7 Å². The van der Waals surface area contributed by atoms with Crippen LogP contribution in [0.3, 0.4) is 0 Å². The van der Waals surface area contributed by atoms with Gasteiger partial charge in [0.05, 0.1) is 50.0 Å². The number of methoxy groups -OCH3 is 1. The van der Waals surface area contributed by atoms with Crippen molar-refractivity contribution in [3.8, 4) is 5.75 Å². The molecule has 30 heteroatoms. The molecular formula is C77H101FN12O17. The topological polar surface area (TPSA) is 407 Å². The second-order valence-electron chi connectivity index (χ2n) is 29.7. The molecule has 0 saturated carbocycles. The molecule has 10 atom stereocenters. The van der Waals surface area contributed by atoms with Gasteiger partial charge in [-0.25, -0.2) is 9.18 Å². The Morgan fingerprint density at radius 3 is 2.16 bits per heavy atom. The van der Waals surface area contributed by atoms with E-state index in [9.17, 15) is 33.6 Å². The second-order valence-corrected chi connectivity index (χ2v) is 29.7. The van der Waals surface area contributed by atoms with E-state index in [1.807, 2.05) is 24.3 Å². The van der Waals surface area contributed by atoms with Crippen LogP contribution >= 0.6 is 0 Å². The molecule has 2 saturated heterocycles. The lowest BCUT2D eigenvalue weighted by atomic mass is 9.88. The minimum absolute atomic E-state index is 0.0479. The van der Waals surface area contributed by atoms with Crippen LogP contribution in [0.2, 0.25) is 0 Å². The van der Waals surface area contributed by atoms with Gasteiger partial charge in [0.2, 0.25) is 53.2 Å². The number of ketones is 1. The summed E-state index contributed by atoms with van der Waals surface area (Å²) in [6.07, 6.45) is -2.37. The fourth-order valence-electron chi connectivity index (χ4n) is 13.3. The first-order valence-corrected chi connectivity index (χ1v) is 36.0. The van der Waals surface area contributed by atoms with Gasteiger partial charge in [0.1, 0.15) is 53.5 Å². The molecule has 10 amide bonds. The number of alkyl carbamates (subject to hydrolysis) is 1. The maximum Gasteiger partial charge on any atom is 0.407 e. The summed E-state index contributed by atoms with van der Waals surface area (Å²) < 4.78 is 38.7. The summed E-state index contributed by atoms with van der Waals surface area (Å²) in [6, 6.07) is 16.1. The summed E-state index contributed by atoms with van der Waals surface area (Å²) in [6.45, 7) is 13.8. The lowest BCUT2D eigenvalue weighted by Crippen LogP contribution is -2.64. The number of nitrogens with two attached hydrogens (primary N) is 1. The van der Waals surface area contributed by atoms with Crippen molar-refractivity contribution in [1.29, 1.82) is 0 Å². The van der Waals surface area contributed by atoms with Gasteiger partial charge in [-0.1, -0.05) is 60.7 Å². The van der Waals surface area contributed by atoms with Gasteiger partial charge in [0.25, 0.3) is 0 Å². The fourth-order valence-corrected chi connectivity index (χ4v) is 13.3. The van der Waals surface area contributed by atoms with Crippen molar-refractivity contribution in [2.24, 2.45) is 11.7 Å². The quantitative estimate of drug-likeness (QED) is 0.0356. The molecule has 4 aromatic carbocycles. The van der Waals surface area contributed by atoms with E-state index in [1.165, 1.54) is 42.0 Å². The van der Waals surface area contributed by atoms with Gasteiger partial charge < -0.3 is 87.1 Å². The largest absolute Gasteiger partial charge is 0.497 e. The van der Waals surface area contributed by atoms with Gasteiger partial charge in [-0.3, -0.25) is 52.7 Å². The Labute approximate surface area is 621 Å². The van der Waals surface area contributed by atoms with E-state index < -0.39 is 168 Å². The van der Waals surface area contributed by atoms with Crippen molar-refractivity contribution in [2.45, 2.75) is 205 Å². The van der Waals surface area contributed by atoms with Crippen molar-refractivity contribution in [3.63, 3.8) is 0 Å². The summed E-state index contributed by atoms with van der Waals surface area (Å²) in [7, 11) is 1.49. The van der Waals surface area contributed by atoms with Crippen LogP contribution in [-0.2, 0) is 106 Å². The predicted octanol–water partition coefficient (Wildman–Crippen LogP) is 3.77. The number of aromatic nitrogens is 1. The number of likely N-dealkylation sites (tertiary alicyclic amines) is 1. The number of hydrogen-bond acceptors (Lipinski definition) is 17. The Bertz CT molecular complexity index is 4040. The third kappa shape index (κ3) is 23.6. The summed E-state index contributed by atoms with van der Waals surface area (Å²) in [4.78, 5) is 176. The molecule has 4 heterocycles. The van der Waals surface area contributed by atoms with Crippen LogP contribution in [0.25, 0.3) is 10.9 Å². The van der Waals surface area contributed by atoms with Gasteiger partial charge in [-0.15, -0.1) is 0 Å². The van der Waals surface area contributed by atoms with Crippen molar-refractivity contribution >= 4 is 81.9 Å². The summed E-state index contributed by atoms with van der Waals surface area (Å²) >= 11 is 0. The normalized spacial score (nSPS) is 20.1. The number of amides is 10. The lowest BCUT2D eigenvalue weighted by molar-refractivity contribution is -0.150.